The van der Waals surface area contributed by atoms with E-state index < -0.39 is 0 Å². The molecule has 0 aromatic heterocycles. The highest BCUT2D eigenvalue weighted by Crippen LogP contribution is 2.52. The third-order valence-electron chi connectivity index (χ3n) is 5.40. The molecule has 26 heavy (non-hydrogen) atoms. The van der Waals surface area contributed by atoms with Crippen LogP contribution in [0.25, 0.3) is 0 Å². The van der Waals surface area contributed by atoms with E-state index in [0.717, 1.165) is 31.1 Å². The number of nitrogens with zero attached hydrogens (tertiary/aromatic N) is 1. The van der Waals surface area contributed by atoms with Crippen LogP contribution in [-0.4, -0.2) is 37.8 Å². The van der Waals surface area contributed by atoms with E-state index in [0.29, 0.717) is 36.1 Å². The Morgan fingerprint density at radius 1 is 1.42 bits per heavy atom. The third kappa shape index (κ3) is 4.44. The number of hydrogen-bond donors (Lipinski definition) is 2. The molecule has 1 saturated carbocycles. The molecule has 0 bridgehead atoms. The van der Waals surface area contributed by atoms with Crippen molar-refractivity contribution in [1.29, 1.82) is 0 Å². The fraction of sp³-hybridized carbons (Fsp3) is 0.632. The van der Waals surface area contributed by atoms with Crippen molar-refractivity contribution in [3.8, 4) is 0 Å². The number of aliphatic imine (C=N–C) groups is 1. The number of halogens is 3. The van der Waals surface area contributed by atoms with Gasteiger partial charge in [0, 0.05) is 42.1 Å². The van der Waals surface area contributed by atoms with Gasteiger partial charge in [0.1, 0.15) is 5.82 Å². The van der Waals surface area contributed by atoms with Gasteiger partial charge in [-0.3, -0.25) is 4.99 Å². The Morgan fingerprint density at radius 2 is 2.19 bits per heavy atom. The van der Waals surface area contributed by atoms with Gasteiger partial charge in [-0.1, -0.05) is 31.5 Å². The average Bonchev–Trinajstić information content (AvgIpc) is 3.01. The lowest BCUT2D eigenvalue weighted by Crippen LogP contribution is -2.68. The number of ether oxygens (including phenoxy) is 1. The van der Waals surface area contributed by atoms with Crippen LogP contribution in [0, 0.1) is 17.2 Å². The Hall–Kier alpha value is -0.600. The Balaban J connectivity index is 0.00000243. The van der Waals surface area contributed by atoms with Crippen molar-refractivity contribution in [2.75, 3.05) is 19.7 Å². The molecule has 146 valence electrons. The van der Waals surface area contributed by atoms with Crippen LogP contribution in [0.2, 0.25) is 5.02 Å². The van der Waals surface area contributed by atoms with Gasteiger partial charge in [-0.2, -0.15) is 0 Å². The molecule has 7 heteroatoms. The van der Waals surface area contributed by atoms with E-state index >= 15 is 0 Å². The molecule has 2 N–H and O–H groups in total. The third-order valence-corrected chi connectivity index (χ3v) is 5.75. The molecule has 1 aromatic rings. The van der Waals surface area contributed by atoms with Crippen LogP contribution in [0.5, 0.6) is 0 Å². The second-order valence-electron chi connectivity index (χ2n) is 7.43. The molecule has 1 saturated heterocycles. The highest BCUT2D eigenvalue weighted by Gasteiger charge is 2.59. The standard InChI is InChI=1S/C19H27ClFN3O.HI/c1-4-22-18(23-9-7-12-5-6-13(21)11-15(12)20)24-16-14-8-10-25-17(14)19(16,2)3;/h5-6,11,14,16-17H,4,7-10H2,1-3H3,(H2,22,23,24);1H. The van der Waals surface area contributed by atoms with E-state index in [1.54, 1.807) is 6.07 Å². The first kappa shape index (κ1) is 21.7. The van der Waals surface area contributed by atoms with Gasteiger partial charge in [0.25, 0.3) is 0 Å². The van der Waals surface area contributed by atoms with Crippen LogP contribution >= 0.6 is 35.6 Å². The first-order valence-electron chi connectivity index (χ1n) is 9.04. The fourth-order valence-corrected chi connectivity index (χ4v) is 4.36. The predicted octanol–water partition coefficient (Wildman–Crippen LogP) is 4.01. The van der Waals surface area contributed by atoms with E-state index in [2.05, 4.69) is 36.4 Å². The summed E-state index contributed by atoms with van der Waals surface area (Å²) in [5, 5.41) is 7.36. The minimum Gasteiger partial charge on any atom is -0.377 e. The fourth-order valence-electron chi connectivity index (χ4n) is 4.10. The van der Waals surface area contributed by atoms with Gasteiger partial charge in [-0.15, -0.1) is 24.0 Å². The van der Waals surface area contributed by atoms with Crippen molar-refractivity contribution < 1.29 is 9.13 Å². The monoisotopic (exact) mass is 495 g/mol. The number of hydrogen-bond acceptors (Lipinski definition) is 2. The summed E-state index contributed by atoms with van der Waals surface area (Å²) in [6.07, 6.45) is 2.14. The smallest absolute Gasteiger partial charge is 0.191 e. The van der Waals surface area contributed by atoms with Crippen molar-refractivity contribution in [2.45, 2.75) is 45.8 Å². The van der Waals surface area contributed by atoms with Gasteiger partial charge in [-0.05, 0) is 37.5 Å². The number of guanidine groups is 1. The summed E-state index contributed by atoms with van der Waals surface area (Å²) in [5.41, 5.74) is 1.02. The molecule has 0 amide bonds. The van der Waals surface area contributed by atoms with Crippen molar-refractivity contribution in [1.82, 2.24) is 10.6 Å². The van der Waals surface area contributed by atoms with Gasteiger partial charge < -0.3 is 15.4 Å². The number of fused-ring (bicyclic) bond motifs is 1. The first-order valence-corrected chi connectivity index (χ1v) is 9.41. The molecule has 3 rings (SSSR count). The van der Waals surface area contributed by atoms with Gasteiger partial charge in [0.05, 0.1) is 6.10 Å². The second kappa shape index (κ2) is 9.06. The van der Waals surface area contributed by atoms with Gasteiger partial charge >= 0.3 is 0 Å². The Kier molecular flexibility index (Phi) is 7.56. The Bertz CT molecular complexity index is 656. The quantitative estimate of drug-likeness (QED) is 0.369. The SMILES string of the molecule is CCNC(=NCCc1ccc(F)cc1Cl)NC1C2CCOC2C1(C)C.I. The van der Waals surface area contributed by atoms with Crippen molar-refractivity contribution >= 4 is 41.5 Å². The molecule has 0 spiro atoms. The van der Waals surface area contributed by atoms with E-state index in [4.69, 9.17) is 16.3 Å². The van der Waals surface area contributed by atoms with Gasteiger partial charge in [-0.25, -0.2) is 4.39 Å². The normalized spacial score (nSPS) is 26.5. The summed E-state index contributed by atoms with van der Waals surface area (Å²) in [5.74, 6) is 1.07. The van der Waals surface area contributed by atoms with Crippen LogP contribution in [0.1, 0.15) is 32.8 Å². The molecule has 1 heterocycles. The van der Waals surface area contributed by atoms with E-state index in [-0.39, 0.29) is 35.2 Å². The first-order chi connectivity index (χ1) is 11.9. The maximum atomic E-state index is 13.1. The molecule has 4 nitrogen and oxygen atoms in total. The molecule has 0 radical (unpaired) electrons. The highest BCUT2D eigenvalue weighted by molar-refractivity contribution is 14.0. The number of rotatable bonds is 5. The molecule has 3 unspecified atom stereocenters. The lowest BCUT2D eigenvalue weighted by atomic mass is 9.57. The molecular formula is C19H28ClFIN3O. The Morgan fingerprint density at radius 3 is 2.88 bits per heavy atom. The van der Waals surface area contributed by atoms with E-state index in [1.807, 2.05) is 0 Å². The average molecular weight is 496 g/mol. The minimum atomic E-state index is -0.312. The lowest BCUT2D eigenvalue weighted by molar-refractivity contribution is -0.106. The van der Waals surface area contributed by atoms with Crippen molar-refractivity contribution in [3.63, 3.8) is 0 Å². The summed E-state index contributed by atoms with van der Waals surface area (Å²) in [4.78, 5) is 4.68. The zero-order chi connectivity index (χ0) is 18.0. The minimum absolute atomic E-state index is 0. The maximum Gasteiger partial charge on any atom is 0.191 e. The maximum absolute atomic E-state index is 13.1. The Labute approximate surface area is 177 Å². The van der Waals surface area contributed by atoms with Gasteiger partial charge in [0.2, 0.25) is 0 Å². The van der Waals surface area contributed by atoms with Crippen LogP contribution in [-0.2, 0) is 11.2 Å². The molecule has 1 aliphatic heterocycles. The molecule has 2 aliphatic rings. The van der Waals surface area contributed by atoms with Crippen LogP contribution in [0.15, 0.2) is 23.2 Å². The van der Waals surface area contributed by atoms with E-state index in [1.165, 1.54) is 12.1 Å². The molecule has 3 atom stereocenters. The highest BCUT2D eigenvalue weighted by atomic mass is 127. The number of nitrogens with one attached hydrogen (secondary N) is 2. The second-order valence-corrected chi connectivity index (χ2v) is 7.84. The molecule has 2 fully saturated rings. The van der Waals surface area contributed by atoms with Crippen molar-refractivity contribution in [2.24, 2.45) is 16.3 Å². The van der Waals surface area contributed by atoms with Crippen LogP contribution in [0.3, 0.4) is 0 Å². The predicted molar refractivity (Wildman–Crippen MR) is 115 cm³/mol. The zero-order valence-electron chi connectivity index (χ0n) is 15.5. The van der Waals surface area contributed by atoms with Crippen LogP contribution in [0.4, 0.5) is 4.39 Å². The summed E-state index contributed by atoms with van der Waals surface area (Å²) in [6.45, 7) is 8.81. The largest absolute Gasteiger partial charge is 0.377 e. The molecule has 1 aliphatic carbocycles. The number of benzene rings is 1. The summed E-state index contributed by atoms with van der Waals surface area (Å²) in [7, 11) is 0. The summed E-state index contributed by atoms with van der Waals surface area (Å²) in [6, 6.07) is 4.88. The lowest BCUT2D eigenvalue weighted by Gasteiger charge is -2.54. The summed E-state index contributed by atoms with van der Waals surface area (Å²) < 4.78 is 19.0. The summed E-state index contributed by atoms with van der Waals surface area (Å²) >= 11 is 6.09. The van der Waals surface area contributed by atoms with Crippen molar-refractivity contribution in [3.05, 3.63) is 34.6 Å². The zero-order valence-corrected chi connectivity index (χ0v) is 18.6. The molecule has 1 aromatic carbocycles. The van der Waals surface area contributed by atoms with Gasteiger partial charge in [0.15, 0.2) is 5.96 Å². The topological polar surface area (TPSA) is 45.7 Å². The van der Waals surface area contributed by atoms with E-state index in [9.17, 15) is 4.39 Å². The molecular weight excluding hydrogens is 468 g/mol. The van der Waals surface area contributed by atoms with Crippen LogP contribution < -0.4 is 10.6 Å².